The first kappa shape index (κ1) is 27.5. The first-order valence-electron chi connectivity index (χ1n) is 11.0. The second-order valence-electron chi connectivity index (χ2n) is 8.53. The van der Waals surface area contributed by atoms with Crippen LogP contribution >= 0.6 is 0 Å². The molecule has 3 aromatic carbocycles. The van der Waals surface area contributed by atoms with Crippen LogP contribution in [0, 0.1) is 0 Å². The second kappa shape index (κ2) is 10.9. The summed E-state index contributed by atoms with van der Waals surface area (Å²) in [6.07, 6.45) is -9.74. The minimum atomic E-state index is -4.53. The lowest BCUT2D eigenvalue weighted by Gasteiger charge is -2.33. The number of hydrogen-bond donors (Lipinski definition) is 0. The van der Waals surface area contributed by atoms with E-state index in [0.717, 1.165) is 29.8 Å². The zero-order valence-electron chi connectivity index (χ0n) is 19.8. The normalized spacial score (nSPS) is 13.2. The summed E-state index contributed by atoms with van der Waals surface area (Å²) in [6, 6.07) is 18.1. The van der Waals surface area contributed by atoms with Crippen LogP contribution in [0.1, 0.15) is 36.6 Å². The van der Waals surface area contributed by atoms with Crippen molar-refractivity contribution in [3.05, 3.63) is 95.6 Å². The molecule has 0 aliphatic heterocycles. The van der Waals surface area contributed by atoms with Crippen LogP contribution in [0.25, 0.3) is 0 Å². The molecule has 0 amide bonds. The third-order valence-corrected chi connectivity index (χ3v) is 9.17. The molecule has 0 aliphatic carbocycles. The van der Waals surface area contributed by atoms with Crippen molar-refractivity contribution in [3.8, 4) is 0 Å². The van der Waals surface area contributed by atoms with Gasteiger partial charge in [0.1, 0.15) is 12.7 Å². The van der Waals surface area contributed by atoms with Crippen LogP contribution in [0.3, 0.4) is 0 Å². The van der Waals surface area contributed by atoms with Gasteiger partial charge in [-0.1, -0.05) is 84.0 Å². The molecule has 3 nitrogen and oxygen atoms in total. The summed E-state index contributed by atoms with van der Waals surface area (Å²) in [5.74, 6) is 0. The molecule has 0 unspecified atom stereocenters. The lowest BCUT2D eigenvalue weighted by atomic mass is 10.1. The van der Waals surface area contributed by atoms with Crippen molar-refractivity contribution in [2.45, 2.75) is 38.9 Å². The molecular weight excluding hydrogens is 500 g/mol. The van der Waals surface area contributed by atoms with Crippen molar-refractivity contribution < 1.29 is 35.6 Å². The van der Waals surface area contributed by atoms with Crippen LogP contribution in [-0.2, 0) is 21.6 Å². The van der Waals surface area contributed by atoms with Crippen LogP contribution < -0.4 is 10.4 Å². The fourth-order valence-corrected chi connectivity index (χ4v) is 6.63. The Morgan fingerprint density at radius 1 is 0.750 bits per heavy atom. The molecule has 0 N–H and O–H groups in total. The maximum atomic E-state index is 13.2. The van der Waals surface area contributed by atoms with Gasteiger partial charge in [0, 0.05) is 0 Å². The Balaban J connectivity index is 2.09. The highest BCUT2D eigenvalue weighted by Gasteiger charge is 2.40. The number of benzene rings is 3. The van der Waals surface area contributed by atoms with Gasteiger partial charge in [-0.2, -0.15) is 26.3 Å². The summed E-state index contributed by atoms with van der Waals surface area (Å²) in [7, 11) is -3.35. The van der Waals surface area contributed by atoms with E-state index in [2.05, 4.69) is 5.16 Å². The standard InChI is InChI=1S/C26H25F6NO2Si/c1-18(2)33-34-17-24(19-7-5-4-6-8-19)35-36(3,22-13-9-20(10-14-22)25(27,28)29)23-15-11-21(12-16-23)26(30,31)32/h4-16,24H,17H2,1-3H3/t24-/m0/s1. The minimum absolute atomic E-state index is 0.000940. The molecule has 3 rings (SSSR count). The molecular formula is C26H25F6NO2Si. The Morgan fingerprint density at radius 2 is 1.19 bits per heavy atom. The number of hydrogen-bond acceptors (Lipinski definition) is 3. The van der Waals surface area contributed by atoms with Crippen molar-refractivity contribution in [2.75, 3.05) is 6.61 Å². The van der Waals surface area contributed by atoms with Gasteiger partial charge in [-0.05, 0) is 36.3 Å². The third-order valence-electron chi connectivity index (χ3n) is 5.55. The van der Waals surface area contributed by atoms with E-state index < -0.39 is 37.9 Å². The first-order chi connectivity index (χ1) is 16.8. The van der Waals surface area contributed by atoms with Gasteiger partial charge < -0.3 is 9.26 Å². The summed E-state index contributed by atoms with van der Waals surface area (Å²) in [4.78, 5) is 5.44. The zero-order valence-corrected chi connectivity index (χ0v) is 20.8. The SMILES string of the molecule is CC(C)=NOC[C@H](O[Si](C)(c1ccc(C(F)(F)F)cc1)c1ccc(C(F)(F)F)cc1)c1ccccc1. The van der Waals surface area contributed by atoms with Gasteiger partial charge in [-0.15, -0.1) is 0 Å². The van der Waals surface area contributed by atoms with E-state index in [9.17, 15) is 26.3 Å². The van der Waals surface area contributed by atoms with Crippen LogP contribution in [-0.4, -0.2) is 20.6 Å². The van der Waals surface area contributed by atoms with Gasteiger partial charge in [-0.25, -0.2) is 0 Å². The summed E-state index contributed by atoms with van der Waals surface area (Å²) >= 11 is 0. The van der Waals surface area contributed by atoms with E-state index in [1.54, 1.807) is 32.5 Å². The van der Waals surface area contributed by atoms with Crippen molar-refractivity contribution >= 4 is 24.4 Å². The van der Waals surface area contributed by atoms with Gasteiger partial charge in [0.2, 0.25) is 0 Å². The Kier molecular flexibility index (Phi) is 8.30. The lowest BCUT2D eigenvalue weighted by molar-refractivity contribution is -0.138. The topological polar surface area (TPSA) is 30.8 Å². The van der Waals surface area contributed by atoms with Crippen molar-refractivity contribution in [1.82, 2.24) is 0 Å². The molecule has 0 radical (unpaired) electrons. The number of nitrogens with zero attached hydrogens (tertiary/aromatic N) is 1. The molecule has 192 valence electrons. The summed E-state index contributed by atoms with van der Waals surface area (Å²) in [6.45, 7) is 5.24. The van der Waals surface area contributed by atoms with E-state index in [1.165, 1.54) is 24.3 Å². The Hall–Kier alpha value is -3.11. The summed E-state index contributed by atoms with van der Waals surface area (Å²) < 4.78 is 85.7. The number of alkyl halides is 6. The fraction of sp³-hybridized carbons (Fsp3) is 0.269. The van der Waals surface area contributed by atoms with Crippen LogP contribution in [0.4, 0.5) is 26.3 Å². The highest BCUT2D eigenvalue weighted by atomic mass is 28.4. The molecule has 36 heavy (non-hydrogen) atoms. The monoisotopic (exact) mass is 525 g/mol. The van der Waals surface area contributed by atoms with Crippen LogP contribution in [0.5, 0.6) is 0 Å². The number of oxime groups is 1. The summed E-state index contributed by atoms with van der Waals surface area (Å²) in [5, 5.41) is 4.87. The molecule has 0 aliphatic rings. The molecule has 10 heteroatoms. The predicted octanol–water partition coefficient (Wildman–Crippen LogP) is 6.58. The van der Waals surface area contributed by atoms with Gasteiger partial charge in [-0.3, -0.25) is 0 Å². The molecule has 0 bridgehead atoms. The van der Waals surface area contributed by atoms with Gasteiger partial charge >= 0.3 is 12.4 Å². The van der Waals surface area contributed by atoms with Crippen molar-refractivity contribution in [2.24, 2.45) is 5.16 Å². The molecule has 0 fully saturated rings. The van der Waals surface area contributed by atoms with E-state index >= 15 is 0 Å². The van der Waals surface area contributed by atoms with Gasteiger partial charge in [0.15, 0.2) is 0 Å². The number of halogens is 6. The molecule has 0 heterocycles. The van der Waals surface area contributed by atoms with Gasteiger partial charge in [0.25, 0.3) is 8.32 Å². The minimum Gasteiger partial charge on any atom is -0.398 e. The largest absolute Gasteiger partial charge is 0.416 e. The number of rotatable bonds is 8. The molecule has 0 saturated heterocycles. The zero-order chi connectivity index (χ0) is 26.6. The maximum Gasteiger partial charge on any atom is 0.416 e. The molecule has 0 saturated carbocycles. The highest BCUT2D eigenvalue weighted by molar-refractivity contribution is 6.96. The fourth-order valence-electron chi connectivity index (χ4n) is 3.64. The van der Waals surface area contributed by atoms with E-state index in [1.807, 2.05) is 18.2 Å². The molecule has 1 atom stereocenters. The first-order valence-corrected chi connectivity index (χ1v) is 13.4. The predicted molar refractivity (Wildman–Crippen MR) is 129 cm³/mol. The quantitative estimate of drug-likeness (QED) is 0.144. The van der Waals surface area contributed by atoms with Crippen molar-refractivity contribution in [1.29, 1.82) is 0 Å². The van der Waals surface area contributed by atoms with Crippen LogP contribution in [0.15, 0.2) is 84.0 Å². The van der Waals surface area contributed by atoms with E-state index in [0.29, 0.717) is 16.1 Å². The van der Waals surface area contributed by atoms with Crippen LogP contribution in [0.2, 0.25) is 6.55 Å². The summed E-state index contributed by atoms with van der Waals surface area (Å²) in [5.41, 5.74) is -0.247. The lowest BCUT2D eigenvalue weighted by Crippen LogP contribution is -2.59. The average Bonchev–Trinajstić information content (AvgIpc) is 2.83. The average molecular weight is 526 g/mol. The Labute approximate surface area is 206 Å². The highest BCUT2D eigenvalue weighted by Crippen LogP contribution is 2.31. The molecule has 0 aromatic heterocycles. The Morgan fingerprint density at radius 3 is 1.58 bits per heavy atom. The maximum absolute atomic E-state index is 13.2. The molecule has 0 spiro atoms. The van der Waals surface area contributed by atoms with Gasteiger partial charge in [0.05, 0.1) is 16.8 Å². The smallest absolute Gasteiger partial charge is 0.398 e. The van der Waals surface area contributed by atoms with Crippen molar-refractivity contribution in [3.63, 3.8) is 0 Å². The third kappa shape index (κ3) is 6.76. The Bertz CT molecular complexity index is 1100. The van der Waals surface area contributed by atoms with E-state index in [-0.39, 0.29) is 6.61 Å². The second-order valence-corrected chi connectivity index (χ2v) is 12.0. The van der Waals surface area contributed by atoms with E-state index in [4.69, 9.17) is 9.26 Å². The molecule has 3 aromatic rings.